The molecule has 1 aromatic heterocycles. The van der Waals surface area contributed by atoms with Gasteiger partial charge in [0.05, 0.1) is 0 Å². The molecule has 2 aromatic rings. The van der Waals surface area contributed by atoms with E-state index >= 15 is 0 Å². The first-order valence-electron chi connectivity index (χ1n) is 10.2. The lowest BCUT2D eigenvalue weighted by Crippen LogP contribution is -2.46. The van der Waals surface area contributed by atoms with Crippen molar-refractivity contribution in [1.82, 2.24) is 31.3 Å². The fourth-order valence-electron chi connectivity index (χ4n) is 2.57. The number of alkyl carbamates (subject to hydrolysis) is 2. The van der Waals surface area contributed by atoms with Gasteiger partial charge in [0.15, 0.2) is 0 Å². The number of unbranched alkanes of at least 4 members (excludes halogenated alkanes) is 1. The zero-order valence-electron chi connectivity index (χ0n) is 18.4. The highest BCUT2D eigenvalue weighted by molar-refractivity contribution is 5.95. The van der Waals surface area contributed by atoms with Crippen LogP contribution < -0.4 is 16.0 Å². The van der Waals surface area contributed by atoms with Crippen molar-refractivity contribution in [2.75, 3.05) is 11.9 Å². The average Bonchev–Trinajstić information content (AvgIpc) is 3.23. The molecular formula is C20H29N7O5. The minimum absolute atomic E-state index is 0.00573. The minimum atomic E-state index is -0.881. The van der Waals surface area contributed by atoms with Gasteiger partial charge in [-0.3, -0.25) is 10.1 Å². The third kappa shape index (κ3) is 9.87. The molecule has 4 N–H and O–H groups in total. The van der Waals surface area contributed by atoms with Crippen molar-refractivity contribution < 1.29 is 23.9 Å². The number of ether oxygens (including phenoxy) is 2. The third-order valence-electron chi connectivity index (χ3n) is 3.99. The number of hydrogen-bond acceptors (Lipinski definition) is 8. The maximum atomic E-state index is 12.5. The molecule has 12 heteroatoms. The Morgan fingerprint density at radius 1 is 1.09 bits per heavy atom. The summed E-state index contributed by atoms with van der Waals surface area (Å²) in [7, 11) is 0. The molecule has 1 atom stereocenters. The predicted octanol–water partition coefficient (Wildman–Crippen LogP) is 2.13. The van der Waals surface area contributed by atoms with Crippen LogP contribution in [0.2, 0.25) is 0 Å². The van der Waals surface area contributed by atoms with Gasteiger partial charge in [0.2, 0.25) is 5.91 Å². The summed E-state index contributed by atoms with van der Waals surface area (Å²) in [5.74, 6) is -0.513. The molecule has 0 fully saturated rings. The summed E-state index contributed by atoms with van der Waals surface area (Å²) in [6.45, 7) is 5.72. The molecule has 0 aliphatic rings. The van der Waals surface area contributed by atoms with Crippen molar-refractivity contribution in [2.24, 2.45) is 0 Å². The maximum absolute atomic E-state index is 12.5. The summed E-state index contributed by atoms with van der Waals surface area (Å²) in [6, 6.07) is 8.47. The van der Waals surface area contributed by atoms with Crippen molar-refractivity contribution in [3.63, 3.8) is 0 Å². The van der Waals surface area contributed by atoms with Gasteiger partial charge >= 0.3 is 12.2 Å². The number of benzene rings is 1. The van der Waals surface area contributed by atoms with Gasteiger partial charge < -0.3 is 20.1 Å². The zero-order valence-corrected chi connectivity index (χ0v) is 18.4. The molecular weight excluding hydrogens is 418 g/mol. The molecule has 3 amide bonds. The van der Waals surface area contributed by atoms with E-state index in [1.807, 2.05) is 30.3 Å². The zero-order chi connectivity index (χ0) is 23.4. The number of carbonyl (C=O) groups excluding carboxylic acids is 3. The van der Waals surface area contributed by atoms with Crippen molar-refractivity contribution >= 4 is 24.0 Å². The molecule has 2 rings (SSSR count). The molecule has 12 nitrogen and oxygen atoms in total. The number of H-pyrrole nitrogens is 1. The highest BCUT2D eigenvalue weighted by Crippen LogP contribution is 2.09. The van der Waals surface area contributed by atoms with Crippen LogP contribution in [0.5, 0.6) is 0 Å². The average molecular weight is 447 g/mol. The lowest BCUT2D eigenvalue weighted by atomic mass is 10.1. The lowest BCUT2D eigenvalue weighted by molar-refractivity contribution is -0.118. The number of aromatic amines is 1. The van der Waals surface area contributed by atoms with Gasteiger partial charge in [-0.25, -0.2) is 9.59 Å². The van der Waals surface area contributed by atoms with Gasteiger partial charge in [-0.15, -0.1) is 5.10 Å². The normalized spacial score (nSPS) is 11.8. The molecule has 32 heavy (non-hydrogen) atoms. The molecule has 1 heterocycles. The first-order valence-corrected chi connectivity index (χ1v) is 10.2. The summed E-state index contributed by atoms with van der Waals surface area (Å²) < 4.78 is 10.4. The van der Waals surface area contributed by atoms with E-state index in [9.17, 15) is 14.4 Å². The monoisotopic (exact) mass is 447 g/mol. The van der Waals surface area contributed by atoms with Gasteiger partial charge in [-0.2, -0.15) is 5.21 Å². The largest absolute Gasteiger partial charge is 0.445 e. The van der Waals surface area contributed by atoms with E-state index in [0.717, 1.165) is 5.56 Å². The molecule has 1 aromatic carbocycles. The van der Waals surface area contributed by atoms with Crippen LogP contribution in [0.15, 0.2) is 30.3 Å². The third-order valence-corrected chi connectivity index (χ3v) is 3.99. The second-order valence-electron chi connectivity index (χ2n) is 7.91. The van der Waals surface area contributed by atoms with Crippen molar-refractivity contribution in [2.45, 2.75) is 58.3 Å². The number of aromatic nitrogens is 4. The van der Waals surface area contributed by atoms with Crippen LogP contribution >= 0.6 is 0 Å². The van der Waals surface area contributed by atoms with E-state index < -0.39 is 29.7 Å². The van der Waals surface area contributed by atoms with Crippen LogP contribution in [0.1, 0.15) is 45.6 Å². The van der Waals surface area contributed by atoms with E-state index in [2.05, 4.69) is 36.6 Å². The molecule has 0 radical (unpaired) electrons. The van der Waals surface area contributed by atoms with Crippen molar-refractivity contribution in [3.05, 3.63) is 35.9 Å². The number of carbonyl (C=O) groups is 3. The number of nitrogens with one attached hydrogen (secondary N) is 4. The summed E-state index contributed by atoms with van der Waals surface area (Å²) in [5, 5.41) is 20.6. The molecule has 0 saturated carbocycles. The van der Waals surface area contributed by atoms with Crippen LogP contribution in [0.25, 0.3) is 0 Å². The Balaban J connectivity index is 1.75. The Morgan fingerprint density at radius 3 is 2.50 bits per heavy atom. The Bertz CT molecular complexity index is 853. The molecule has 174 valence electrons. The molecule has 0 unspecified atom stereocenters. The molecule has 0 spiro atoms. The Morgan fingerprint density at radius 2 is 1.84 bits per heavy atom. The summed E-state index contributed by atoms with van der Waals surface area (Å²) >= 11 is 0. The molecule has 0 aliphatic heterocycles. The summed E-state index contributed by atoms with van der Waals surface area (Å²) in [4.78, 5) is 36.4. The number of hydrogen-bond donors (Lipinski definition) is 4. The lowest BCUT2D eigenvalue weighted by Gasteiger charge is -2.23. The molecule has 0 bridgehead atoms. The van der Waals surface area contributed by atoms with Gasteiger partial charge in [-0.1, -0.05) is 35.4 Å². The standard InChI is InChI=1S/C20H29N7O5/c1-20(2,3)32-19(30)22-15(16(28)23-17-24-26-27-25-17)11-7-8-12-21-18(29)31-13-14-9-5-4-6-10-14/h4-6,9-10,15H,7-8,11-13H2,1-3H3,(H,21,29)(H,22,30)(H2,23,24,25,26,27,28)/t15-/m0/s1. The van der Waals surface area contributed by atoms with E-state index in [0.29, 0.717) is 25.8 Å². The molecule has 0 saturated heterocycles. The minimum Gasteiger partial charge on any atom is -0.445 e. The fourth-order valence-corrected chi connectivity index (χ4v) is 2.57. The highest BCUT2D eigenvalue weighted by Gasteiger charge is 2.25. The van der Waals surface area contributed by atoms with Crippen molar-refractivity contribution in [1.29, 1.82) is 0 Å². The van der Waals surface area contributed by atoms with Crippen LogP contribution in [-0.2, 0) is 20.9 Å². The Hall–Kier alpha value is -3.70. The smallest absolute Gasteiger partial charge is 0.408 e. The van der Waals surface area contributed by atoms with Crippen LogP contribution in [0.3, 0.4) is 0 Å². The number of tetrazole rings is 1. The fraction of sp³-hybridized carbons (Fsp3) is 0.500. The van der Waals surface area contributed by atoms with E-state index in [4.69, 9.17) is 9.47 Å². The number of nitrogens with zero attached hydrogens (tertiary/aromatic N) is 3. The Kier molecular flexibility index (Phi) is 9.39. The first kappa shape index (κ1) is 24.6. The summed E-state index contributed by atoms with van der Waals surface area (Å²) in [6.07, 6.45) is 0.186. The van der Waals surface area contributed by atoms with Crippen LogP contribution in [0, 0.1) is 0 Å². The van der Waals surface area contributed by atoms with Crippen LogP contribution in [-0.4, -0.2) is 56.9 Å². The van der Waals surface area contributed by atoms with Crippen molar-refractivity contribution in [3.8, 4) is 0 Å². The highest BCUT2D eigenvalue weighted by atomic mass is 16.6. The quantitative estimate of drug-likeness (QED) is 0.403. The molecule has 0 aliphatic carbocycles. The predicted molar refractivity (Wildman–Crippen MR) is 114 cm³/mol. The van der Waals surface area contributed by atoms with Crippen LogP contribution in [0.4, 0.5) is 15.5 Å². The SMILES string of the molecule is CC(C)(C)OC(=O)N[C@@H](CCCCNC(=O)OCc1ccccc1)C(=O)Nc1nn[nH]n1. The Labute approximate surface area is 185 Å². The van der Waals surface area contributed by atoms with E-state index in [1.54, 1.807) is 20.8 Å². The topological polar surface area (TPSA) is 160 Å². The van der Waals surface area contributed by atoms with Gasteiger partial charge in [0.1, 0.15) is 18.2 Å². The second-order valence-corrected chi connectivity index (χ2v) is 7.91. The van der Waals surface area contributed by atoms with Gasteiger partial charge in [-0.05, 0) is 50.8 Å². The maximum Gasteiger partial charge on any atom is 0.408 e. The number of anilines is 1. The van der Waals surface area contributed by atoms with E-state index in [-0.39, 0.29) is 12.6 Å². The number of rotatable bonds is 10. The number of amides is 3. The van der Waals surface area contributed by atoms with E-state index in [1.165, 1.54) is 0 Å². The van der Waals surface area contributed by atoms with Gasteiger partial charge in [0.25, 0.3) is 5.95 Å². The van der Waals surface area contributed by atoms with Gasteiger partial charge in [0, 0.05) is 6.54 Å². The second kappa shape index (κ2) is 12.2. The first-order chi connectivity index (χ1) is 15.2. The summed E-state index contributed by atoms with van der Waals surface area (Å²) in [5.41, 5.74) is 0.189.